The van der Waals surface area contributed by atoms with Crippen LogP contribution < -0.4 is 11.5 Å². The molecule has 38 heavy (non-hydrogen) atoms. The van der Waals surface area contributed by atoms with E-state index in [1.165, 1.54) is 12.4 Å². The monoisotopic (exact) mass is 496 g/mol. The van der Waals surface area contributed by atoms with Gasteiger partial charge in [-0.1, -0.05) is 60.7 Å². The molecule has 182 valence electrons. The zero-order chi connectivity index (χ0) is 26.8. The number of rotatable bonds is 6. The maximum atomic E-state index is 13.3. The lowest BCUT2D eigenvalue weighted by atomic mass is 10.1. The van der Waals surface area contributed by atoms with E-state index in [1.807, 2.05) is 12.1 Å². The first-order valence-corrected chi connectivity index (χ1v) is 11.6. The van der Waals surface area contributed by atoms with Crippen LogP contribution in [0.4, 0.5) is 11.4 Å². The maximum absolute atomic E-state index is 13.3. The summed E-state index contributed by atoms with van der Waals surface area (Å²) in [5, 5.41) is 19.1. The number of nitrogens with two attached hydrogens (primary N) is 2. The molecule has 2 aromatic heterocycles. The van der Waals surface area contributed by atoms with Gasteiger partial charge in [0.05, 0.1) is 22.5 Å². The molecular weight excluding hydrogens is 476 g/mol. The summed E-state index contributed by atoms with van der Waals surface area (Å²) in [4.78, 5) is 26.6. The Bertz CT molecular complexity index is 1630. The van der Waals surface area contributed by atoms with Crippen LogP contribution in [0.15, 0.2) is 97.3 Å². The average molecular weight is 497 g/mol. The number of nitrogens with zero attached hydrogens (tertiary/aromatic N) is 4. The number of nitriles is 2. The predicted octanol–water partition coefficient (Wildman–Crippen LogP) is 4.64. The van der Waals surface area contributed by atoms with Gasteiger partial charge in [-0.25, -0.2) is 0 Å². The molecule has 5 aromatic rings. The predicted molar refractivity (Wildman–Crippen MR) is 143 cm³/mol. The fraction of sp³-hybridized carbons (Fsp3) is 0. The van der Waals surface area contributed by atoms with Gasteiger partial charge in [-0.05, 0) is 24.3 Å². The summed E-state index contributed by atoms with van der Waals surface area (Å²) in [5.74, 6) is -0.637. The van der Waals surface area contributed by atoms with Crippen LogP contribution in [0.2, 0.25) is 0 Å². The van der Waals surface area contributed by atoms with Crippen molar-refractivity contribution in [1.82, 2.24) is 9.13 Å². The first-order valence-electron chi connectivity index (χ1n) is 11.6. The molecule has 0 saturated heterocycles. The Hall–Kier alpha value is -5.86. The Morgan fingerprint density at radius 1 is 0.579 bits per heavy atom. The zero-order valence-corrected chi connectivity index (χ0v) is 20.0. The Morgan fingerprint density at radius 2 is 0.921 bits per heavy atom. The van der Waals surface area contributed by atoms with Crippen molar-refractivity contribution in [2.24, 2.45) is 0 Å². The summed E-state index contributed by atoms with van der Waals surface area (Å²) in [7, 11) is 0. The summed E-state index contributed by atoms with van der Waals surface area (Å²) in [6.07, 6.45) is 3.04. The van der Waals surface area contributed by atoms with Crippen molar-refractivity contribution >= 4 is 22.9 Å². The normalized spacial score (nSPS) is 10.5. The molecule has 0 saturated carbocycles. The van der Waals surface area contributed by atoms with E-state index < -0.39 is 0 Å². The summed E-state index contributed by atoms with van der Waals surface area (Å²) < 4.78 is 3.15. The van der Waals surface area contributed by atoms with E-state index in [0.717, 1.165) is 0 Å². The quantitative estimate of drug-likeness (QED) is 0.328. The molecule has 4 N–H and O–H groups in total. The van der Waals surface area contributed by atoms with Gasteiger partial charge in [0.1, 0.15) is 23.5 Å². The Labute approximate surface area is 218 Å². The fourth-order valence-corrected chi connectivity index (χ4v) is 4.32. The van der Waals surface area contributed by atoms with Gasteiger partial charge < -0.3 is 20.6 Å². The SMILES string of the molecule is N#Cc1cn(-c2ccc(-n3cc(C#N)c(N)c3C(=O)c3ccccc3)cc2)c(C(=O)c2ccccc2)c1N. The third-order valence-corrected chi connectivity index (χ3v) is 6.24. The Balaban J connectivity index is 1.59. The second-order valence-corrected chi connectivity index (χ2v) is 8.48. The minimum absolute atomic E-state index is 0.0954. The third-order valence-electron chi connectivity index (χ3n) is 6.24. The molecule has 0 fully saturated rings. The molecule has 0 amide bonds. The Kier molecular flexibility index (Phi) is 6.06. The second-order valence-electron chi connectivity index (χ2n) is 8.48. The number of nitrogen functional groups attached to an aromatic ring is 2. The minimum Gasteiger partial charge on any atom is -0.396 e. The first kappa shape index (κ1) is 23.9. The van der Waals surface area contributed by atoms with E-state index in [4.69, 9.17) is 11.5 Å². The van der Waals surface area contributed by atoms with Gasteiger partial charge in [0, 0.05) is 34.9 Å². The molecule has 0 atom stereocenters. The van der Waals surface area contributed by atoms with Crippen molar-refractivity contribution in [3.05, 3.63) is 131 Å². The number of hydrogen-bond donors (Lipinski definition) is 2. The van der Waals surface area contributed by atoms with E-state index >= 15 is 0 Å². The van der Waals surface area contributed by atoms with Crippen molar-refractivity contribution in [3.63, 3.8) is 0 Å². The third kappa shape index (κ3) is 3.98. The van der Waals surface area contributed by atoms with E-state index in [-0.39, 0.29) is 45.5 Å². The van der Waals surface area contributed by atoms with E-state index in [2.05, 4.69) is 0 Å². The van der Waals surface area contributed by atoms with Crippen LogP contribution in [0.1, 0.15) is 43.2 Å². The van der Waals surface area contributed by atoms with Crippen LogP contribution in [0.3, 0.4) is 0 Å². The van der Waals surface area contributed by atoms with E-state index in [1.54, 1.807) is 94.1 Å². The molecule has 8 heteroatoms. The van der Waals surface area contributed by atoms with E-state index in [0.29, 0.717) is 22.5 Å². The number of carbonyl (C=O) groups is 2. The first-order chi connectivity index (χ1) is 18.4. The molecule has 0 aliphatic carbocycles. The molecule has 8 nitrogen and oxygen atoms in total. The lowest BCUT2D eigenvalue weighted by molar-refractivity contribution is 0.102. The summed E-state index contributed by atoms with van der Waals surface area (Å²) in [6, 6.07) is 28.4. The van der Waals surface area contributed by atoms with Crippen LogP contribution in [0, 0.1) is 22.7 Å². The van der Waals surface area contributed by atoms with Gasteiger partial charge in [0.25, 0.3) is 0 Å². The maximum Gasteiger partial charge on any atom is 0.211 e. The standard InChI is InChI=1S/C30H20N6O2/c31-15-21-17-35(27(25(21)33)29(37)19-7-3-1-4-8-19)23-11-13-24(14-12-23)36-18-22(16-32)26(34)28(36)30(38)20-9-5-2-6-10-20/h1-14,17-18H,33-34H2. The zero-order valence-electron chi connectivity index (χ0n) is 20.0. The van der Waals surface area contributed by atoms with Gasteiger partial charge in [0.15, 0.2) is 0 Å². The lowest BCUT2D eigenvalue weighted by Gasteiger charge is -2.13. The number of ketones is 2. The molecule has 3 aromatic carbocycles. The van der Waals surface area contributed by atoms with Gasteiger partial charge in [-0.3, -0.25) is 9.59 Å². The van der Waals surface area contributed by atoms with Gasteiger partial charge in [0.2, 0.25) is 11.6 Å². The average Bonchev–Trinajstić information content (AvgIpc) is 3.49. The van der Waals surface area contributed by atoms with Gasteiger partial charge >= 0.3 is 0 Å². The van der Waals surface area contributed by atoms with Crippen LogP contribution in [0.5, 0.6) is 0 Å². The molecule has 2 heterocycles. The van der Waals surface area contributed by atoms with Crippen LogP contribution >= 0.6 is 0 Å². The van der Waals surface area contributed by atoms with Crippen LogP contribution in [-0.2, 0) is 0 Å². The van der Waals surface area contributed by atoms with Crippen molar-refractivity contribution in [2.75, 3.05) is 11.5 Å². The molecule has 0 aliphatic rings. The molecule has 0 spiro atoms. The molecule has 0 unspecified atom stereocenters. The highest BCUT2D eigenvalue weighted by Gasteiger charge is 2.24. The lowest BCUT2D eigenvalue weighted by Crippen LogP contribution is -2.12. The minimum atomic E-state index is -0.318. The summed E-state index contributed by atoms with van der Waals surface area (Å²) >= 11 is 0. The molecule has 0 bridgehead atoms. The molecule has 0 radical (unpaired) electrons. The van der Waals surface area contributed by atoms with Gasteiger partial charge in [-0.2, -0.15) is 10.5 Å². The van der Waals surface area contributed by atoms with Crippen molar-refractivity contribution in [1.29, 1.82) is 10.5 Å². The van der Waals surface area contributed by atoms with Crippen molar-refractivity contribution < 1.29 is 9.59 Å². The van der Waals surface area contributed by atoms with Crippen LogP contribution in [-0.4, -0.2) is 20.7 Å². The van der Waals surface area contributed by atoms with Crippen molar-refractivity contribution in [3.8, 4) is 23.5 Å². The number of anilines is 2. The van der Waals surface area contributed by atoms with E-state index in [9.17, 15) is 20.1 Å². The number of benzene rings is 3. The number of hydrogen-bond acceptors (Lipinski definition) is 6. The number of carbonyl (C=O) groups excluding carboxylic acids is 2. The largest absolute Gasteiger partial charge is 0.396 e. The summed E-state index contributed by atoms with van der Waals surface area (Å²) in [6.45, 7) is 0. The molecule has 0 aliphatic heterocycles. The fourth-order valence-electron chi connectivity index (χ4n) is 4.32. The molecule has 5 rings (SSSR count). The number of aromatic nitrogens is 2. The highest BCUT2D eigenvalue weighted by molar-refractivity contribution is 6.13. The highest BCUT2D eigenvalue weighted by Crippen LogP contribution is 2.29. The second kappa shape index (κ2) is 9.65. The van der Waals surface area contributed by atoms with Gasteiger partial charge in [-0.15, -0.1) is 0 Å². The highest BCUT2D eigenvalue weighted by atomic mass is 16.1. The van der Waals surface area contributed by atoms with Crippen molar-refractivity contribution in [2.45, 2.75) is 0 Å². The summed E-state index contributed by atoms with van der Waals surface area (Å²) in [5.41, 5.74) is 15.4. The topological polar surface area (TPSA) is 144 Å². The Morgan fingerprint density at radius 3 is 1.24 bits per heavy atom. The van der Waals surface area contributed by atoms with Crippen LogP contribution in [0.25, 0.3) is 11.4 Å². The smallest absolute Gasteiger partial charge is 0.211 e. The molecular formula is C30H20N6O2.